The van der Waals surface area contributed by atoms with E-state index < -0.39 is 29.1 Å². The van der Waals surface area contributed by atoms with Crippen LogP contribution in [0.4, 0.5) is 4.79 Å². The molecule has 1 aromatic carbocycles. The molecule has 1 aliphatic rings. The number of methoxy groups -OCH3 is 1. The van der Waals surface area contributed by atoms with Crippen molar-refractivity contribution in [1.29, 1.82) is 0 Å². The second-order valence-corrected chi connectivity index (χ2v) is 7.35. The number of benzene rings is 1. The highest BCUT2D eigenvalue weighted by Crippen LogP contribution is 2.35. The fraction of sp³-hybridized carbons (Fsp3) is 0.158. The number of carbonyl (C=O) groups is 4. The molecule has 1 atom stereocenters. The number of ether oxygens (including phenoxy) is 1. The van der Waals surface area contributed by atoms with Gasteiger partial charge in [-0.3, -0.25) is 14.5 Å². The number of imide groups is 1. The lowest BCUT2D eigenvalue weighted by molar-refractivity contribution is -0.148. The number of carboxylic acids is 1. The third-order valence-electron chi connectivity index (χ3n) is 4.14. The Kier molecular flexibility index (Phi) is 5.81. The van der Waals surface area contributed by atoms with Gasteiger partial charge in [-0.05, 0) is 43.0 Å². The molecule has 2 heterocycles. The summed E-state index contributed by atoms with van der Waals surface area (Å²) in [5, 5.41) is 8.52. The minimum atomic E-state index is -1.14. The van der Waals surface area contributed by atoms with Gasteiger partial charge in [-0.25, -0.2) is 9.59 Å². The highest BCUT2D eigenvalue weighted by molar-refractivity contribution is 8.18. The zero-order valence-corrected chi connectivity index (χ0v) is 16.7. The number of amides is 2. The van der Waals surface area contributed by atoms with Gasteiger partial charge in [-0.2, -0.15) is 0 Å². The van der Waals surface area contributed by atoms with Crippen molar-refractivity contribution in [1.82, 2.24) is 4.90 Å². The van der Waals surface area contributed by atoms with Crippen molar-refractivity contribution in [2.45, 2.75) is 13.0 Å². The second-order valence-electron chi connectivity index (χ2n) is 5.95. The zero-order valence-electron chi connectivity index (χ0n) is 15.2. The number of rotatable bonds is 5. The van der Waals surface area contributed by atoms with E-state index in [1.165, 1.54) is 32.2 Å². The van der Waals surface area contributed by atoms with E-state index in [0.29, 0.717) is 28.8 Å². The predicted molar refractivity (Wildman–Crippen MR) is 105 cm³/mol. The third-order valence-corrected chi connectivity index (χ3v) is 5.33. The summed E-state index contributed by atoms with van der Waals surface area (Å²) in [4.78, 5) is 48.3. The summed E-state index contributed by atoms with van der Waals surface area (Å²) in [6.07, 6.45) is 1.39. The predicted octanol–water partition coefficient (Wildman–Crippen LogP) is 3.90. The Hall–Kier alpha value is -3.04. The first kappa shape index (κ1) is 20.7. The van der Waals surface area contributed by atoms with E-state index in [9.17, 15) is 19.2 Å². The fourth-order valence-electron chi connectivity index (χ4n) is 2.65. The zero-order chi connectivity index (χ0) is 21.3. The third kappa shape index (κ3) is 4.06. The van der Waals surface area contributed by atoms with Crippen molar-refractivity contribution in [2.75, 3.05) is 7.11 Å². The molecule has 150 valence electrons. The molecule has 2 aromatic rings. The fourth-order valence-corrected chi connectivity index (χ4v) is 3.80. The molecule has 1 unspecified atom stereocenters. The maximum absolute atomic E-state index is 12.5. The molecule has 0 saturated carbocycles. The average Bonchev–Trinajstić information content (AvgIpc) is 3.25. The van der Waals surface area contributed by atoms with Crippen LogP contribution >= 0.6 is 23.4 Å². The monoisotopic (exact) mass is 435 g/mol. The van der Waals surface area contributed by atoms with Gasteiger partial charge in [0.05, 0.1) is 22.6 Å². The molecule has 2 amide bonds. The maximum Gasteiger partial charge on any atom is 0.337 e. The Balaban J connectivity index is 1.84. The summed E-state index contributed by atoms with van der Waals surface area (Å²) in [7, 11) is 1.17. The Morgan fingerprint density at radius 3 is 2.62 bits per heavy atom. The van der Waals surface area contributed by atoms with Crippen LogP contribution in [0.15, 0.2) is 39.7 Å². The summed E-state index contributed by atoms with van der Waals surface area (Å²) < 4.78 is 10.2. The van der Waals surface area contributed by atoms with Crippen LogP contribution in [-0.4, -0.2) is 46.2 Å². The van der Waals surface area contributed by atoms with Gasteiger partial charge < -0.3 is 14.3 Å². The molecule has 29 heavy (non-hydrogen) atoms. The molecule has 0 aliphatic carbocycles. The van der Waals surface area contributed by atoms with Crippen LogP contribution < -0.4 is 0 Å². The molecule has 0 spiro atoms. The number of hydrogen-bond acceptors (Lipinski definition) is 7. The first-order valence-electron chi connectivity index (χ1n) is 8.21. The summed E-state index contributed by atoms with van der Waals surface area (Å²) in [6.45, 7) is 1.40. The molecule has 1 aliphatic heterocycles. The number of nitrogens with zero attached hydrogens (tertiary/aromatic N) is 1. The van der Waals surface area contributed by atoms with Gasteiger partial charge in [0.2, 0.25) is 0 Å². The lowest BCUT2D eigenvalue weighted by Crippen LogP contribution is -2.42. The lowest BCUT2D eigenvalue weighted by atomic mass is 10.1. The summed E-state index contributed by atoms with van der Waals surface area (Å²) in [5.74, 6) is -1.76. The molecule has 0 bridgehead atoms. The van der Waals surface area contributed by atoms with Gasteiger partial charge in [0, 0.05) is 11.6 Å². The van der Waals surface area contributed by atoms with E-state index in [1.54, 1.807) is 18.2 Å². The minimum Gasteiger partial charge on any atom is -0.478 e. The maximum atomic E-state index is 12.5. The van der Waals surface area contributed by atoms with Crippen LogP contribution in [-0.2, 0) is 14.3 Å². The van der Waals surface area contributed by atoms with Crippen LogP contribution in [0.1, 0.15) is 23.0 Å². The molecular formula is C19H14ClNO7S. The van der Waals surface area contributed by atoms with Gasteiger partial charge in [0.1, 0.15) is 17.6 Å². The lowest BCUT2D eigenvalue weighted by Gasteiger charge is -2.18. The number of aromatic carboxylic acids is 1. The number of carbonyl (C=O) groups excluding carboxylic acids is 3. The van der Waals surface area contributed by atoms with Crippen LogP contribution in [0, 0.1) is 0 Å². The number of esters is 1. The molecule has 1 fully saturated rings. The number of hydrogen-bond donors (Lipinski definition) is 1. The Labute approximate surface area is 174 Å². The van der Waals surface area contributed by atoms with Crippen molar-refractivity contribution >= 4 is 52.5 Å². The Bertz CT molecular complexity index is 1060. The normalized spacial score (nSPS) is 16.4. The van der Waals surface area contributed by atoms with Crippen LogP contribution in [0.3, 0.4) is 0 Å². The molecule has 1 N–H and O–H groups in total. The number of furan rings is 1. The van der Waals surface area contributed by atoms with Gasteiger partial charge in [-0.15, -0.1) is 0 Å². The van der Waals surface area contributed by atoms with Crippen LogP contribution in [0.25, 0.3) is 17.4 Å². The number of thioether (sulfide) groups is 1. The van der Waals surface area contributed by atoms with Crippen molar-refractivity contribution < 1.29 is 33.4 Å². The summed E-state index contributed by atoms with van der Waals surface area (Å²) in [6, 6.07) is 6.54. The standard InChI is InChI=1S/C19H14ClNO7S/c1-9(18(25)27-2)21-16(22)15(29-19(21)26)8-11-4-6-14(28-11)10-3-5-12(17(23)24)13(20)7-10/h3-9H,1-2H3,(H,23,24)/b15-8-. The Morgan fingerprint density at radius 2 is 2.00 bits per heavy atom. The van der Waals surface area contributed by atoms with E-state index in [0.717, 1.165) is 4.90 Å². The Morgan fingerprint density at radius 1 is 1.28 bits per heavy atom. The molecular weight excluding hydrogens is 422 g/mol. The second kappa shape index (κ2) is 8.14. The van der Waals surface area contributed by atoms with Gasteiger partial charge in [0.15, 0.2) is 0 Å². The largest absolute Gasteiger partial charge is 0.478 e. The van der Waals surface area contributed by atoms with Gasteiger partial charge in [0.25, 0.3) is 11.1 Å². The van der Waals surface area contributed by atoms with Gasteiger partial charge >= 0.3 is 11.9 Å². The van der Waals surface area contributed by atoms with E-state index in [4.69, 9.17) is 21.1 Å². The van der Waals surface area contributed by atoms with Crippen LogP contribution in [0.2, 0.25) is 5.02 Å². The molecule has 10 heteroatoms. The molecule has 0 radical (unpaired) electrons. The minimum absolute atomic E-state index is 0.0319. The smallest absolute Gasteiger partial charge is 0.337 e. The SMILES string of the molecule is COC(=O)C(C)N1C(=O)S/C(=C\c2ccc(-c3ccc(C(=O)O)c(Cl)c3)o2)C1=O. The van der Waals surface area contributed by atoms with Crippen molar-refractivity contribution in [3.8, 4) is 11.3 Å². The molecule has 1 saturated heterocycles. The highest BCUT2D eigenvalue weighted by atomic mass is 35.5. The van der Waals surface area contributed by atoms with Crippen molar-refractivity contribution in [3.05, 3.63) is 51.6 Å². The van der Waals surface area contributed by atoms with E-state index in [2.05, 4.69) is 4.74 Å². The molecule has 3 rings (SSSR count). The molecule has 1 aromatic heterocycles. The summed E-state index contributed by atoms with van der Waals surface area (Å²) in [5.41, 5.74) is 0.516. The van der Waals surface area contributed by atoms with Gasteiger partial charge in [-0.1, -0.05) is 17.7 Å². The van der Waals surface area contributed by atoms with E-state index >= 15 is 0 Å². The number of halogens is 1. The van der Waals surface area contributed by atoms with E-state index in [-0.39, 0.29) is 15.5 Å². The van der Waals surface area contributed by atoms with E-state index in [1.807, 2.05) is 0 Å². The van der Waals surface area contributed by atoms with Crippen LogP contribution in [0.5, 0.6) is 0 Å². The highest BCUT2D eigenvalue weighted by Gasteiger charge is 2.41. The summed E-state index contributed by atoms with van der Waals surface area (Å²) >= 11 is 6.66. The topological polar surface area (TPSA) is 114 Å². The first-order valence-corrected chi connectivity index (χ1v) is 9.40. The molecule has 8 nitrogen and oxygen atoms in total. The first-order chi connectivity index (χ1) is 13.7. The quantitative estimate of drug-likeness (QED) is 0.555. The number of carboxylic acid groups (broad SMARTS) is 1. The average molecular weight is 436 g/mol. The van der Waals surface area contributed by atoms with Crippen molar-refractivity contribution in [3.63, 3.8) is 0 Å². The van der Waals surface area contributed by atoms with Crippen molar-refractivity contribution in [2.24, 2.45) is 0 Å².